The molecule has 462 valence electrons. The fraction of sp³-hybridized carbons (Fsp3) is 0.574. The van der Waals surface area contributed by atoms with E-state index in [1.807, 2.05) is 37.3 Å². The van der Waals surface area contributed by atoms with Crippen molar-refractivity contribution in [1.29, 1.82) is 0 Å². The molecule has 3 aromatic carbocycles. The summed E-state index contributed by atoms with van der Waals surface area (Å²) >= 11 is 0. The number of hydrogen-bond acceptors (Lipinski definition) is 17. The van der Waals surface area contributed by atoms with E-state index in [1.165, 1.54) is 51.7 Å². The fourth-order valence-corrected chi connectivity index (χ4v) is 13.5. The molecule has 2 saturated carbocycles. The van der Waals surface area contributed by atoms with Crippen molar-refractivity contribution in [1.82, 2.24) is 5.32 Å². The molecule has 3 aromatic rings. The minimum Gasteiger partial charge on any atom is -0.455 e. The first-order chi connectivity index (χ1) is 40.8. The van der Waals surface area contributed by atoms with Crippen LogP contribution in [0.25, 0.3) is 0 Å². The standard InChI is InChI=1S/C68H89NO16/c1-8-9-10-11-12-13-14-15-16-17-18-19-20-21-31-38-54-78-41-50(81-54)42-79-64(76)83-58(56(48-34-27-23-28-35-48)69-45(3)47-32-25-22-26-33-47)63(75)82-51-40-68(77)61(84-62(74)49-36-29-24-30-37-49)59-66(7,60(73)57(72)55(44(51)2)65(68,5)6)52(71)39-53-67(59,43-80-53)85-46(4)70/h11-12,14-15,22-30,32-37,45,50-54,56-59,61,69,71-72,77H,8-10,13,16-21,31,38-43H2,1-7H3/b12-11-,15-14-/t45-,50?,51-,52-,53+,54?,56-,57+,58+,59-,61-,66+,67-,68+/m0/s1. The Hall–Kier alpha value is -6.05. The lowest BCUT2D eigenvalue weighted by Crippen LogP contribution is -2.81. The van der Waals surface area contributed by atoms with Gasteiger partial charge in [-0.3, -0.25) is 14.9 Å². The number of ether oxygens (including phenoxy) is 8. The van der Waals surface area contributed by atoms with E-state index in [9.17, 15) is 29.7 Å². The van der Waals surface area contributed by atoms with Gasteiger partial charge in [-0.15, -0.1) is 0 Å². The molecule has 8 rings (SSSR count). The summed E-state index contributed by atoms with van der Waals surface area (Å²) in [6.07, 6.45) is 9.26. The SMILES string of the molecule is CCCC/C=C\C/C=C\CCCCCCCCC1OCC(COC(=O)O[C@@H](C(=O)O[C@H]2C[C@@]3(O)[C@@H](OC(=O)c4ccccc4)[C@@H]4[C@]5(OC(C)=O)CO[C@@H]5C[C@H](O)[C@@]4(C)C(=O)[C@H](O)C(=C2C)C3(C)C)[C@@H](N[C@@H](C)c2ccccc2)c2ccccc2)O1. The van der Waals surface area contributed by atoms with Crippen LogP contribution in [0.15, 0.2) is 126 Å². The van der Waals surface area contributed by atoms with Gasteiger partial charge in [-0.2, -0.15) is 0 Å². The van der Waals surface area contributed by atoms with Crippen LogP contribution in [0.2, 0.25) is 0 Å². The molecule has 17 nitrogen and oxygen atoms in total. The van der Waals surface area contributed by atoms with E-state index >= 15 is 9.59 Å². The molecular formula is C68H89NO16. The number of aliphatic hydroxyl groups excluding tert-OH is 2. The Bertz CT molecular complexity index is 2820. The van der Waals surface area contributed by atoms with E-state index in [0.717, 1.165) is 50.5 Å². The zero-order chi connectivity index (χ0) is 60.9. The lowest BCUT2D eigenvalue weighted by Gasteiger charge is -2.67. The van der Waals surface area contributed by atoms with Gasteiger partial charge < -0.3 is 53.2 Å². The highest BCUT2D eigenvalue weighted by Crippen LogP contribution is 2.64. The van der Waals surface area contributed by atoms with Crippen LogP contribution in [0, 0.1) is 16.7 Å². The third-order valence-electron chi connectivity index (χ3n) is 18.4. The maximum Gasteiger partial charge on any atom is 0.509 e. The molecule has 5 aliphatic rings. The predicted octanol–water partition coefficient (Wildman–Crippen LogP) is 10.8. The molecule has 0 aromatic heterocycles. The van der Waals surface area contributed by atoms with E-state index < -0.39 is 125 Å². The minimum atomic E-state index is -2.40. The summed E-state index contributed by atoms with van der Waals surface area (Å²) in [7, 11) is 0. The van der Waals surface area contributed by atoms with Gasteiger partial charge in [0.1, 0.15) is 42.7 Å². The third-order valence-corrected chi connectivity index (χ3v) is 18.4. The highest BCUT2D eigenvalue weighted by Gasteiger charge is 2.78. The van der Waals surface area contributed by atoms with Crippen molar-refractivity contribution >= 4 is 29.8 Å². The number of aliphatic hydroxyl groups is 3. The van der Waals surface area contributed by atoms with Crippen LogP contribution in [-0.2, 0) is 52.3 Å². The maximum atomic E-state index is 15.5. The van der Waals surface area contributed by atoms with E-state index in [0.29, 0.717) is 12.0 Å². The zero-order valence-corrected chi connectivity index (χ0v) is 50.5. The number of carbonyl (C=O) groups is 5. The molecule has 2 saturated heterocycles. The summed E-state index contributed by atoms with van der Waals surface area (Å²) in [5.41, 5.74) is -6.28. The molecule has 4 N–H and O–H groups in total. The van der Waals surface area contributed by atoms with Gasteiger partial charge in [-0.05, 0) is 93.7 Å². The number of carbonyl (C=O) groups excluding carboxylic acids is 5. The van der Waals surface area contributed by atoms with E-state index in [2.05, 4.69) is 36.5 Å². The van der Waals surface area contributed by atoms with Gasteiger partial charge in [0, 0.05) is 31.2 Å². The number of ketones is 1. The van der Waals surface area contributed by atoms with Gasteiger partial charge in [0.2, 0.25) is 6.10 Å². The first-order valence-electron chi connectivity index (χ1n) is 30.6. The number of esters is 3. The molecule has 2 heterocycles. The molecule has 17 heteroatoms. The monoisotopic (exact) mass is 1180 g/mol. The molecule has 2 aliphatic heterocycles. The number of hydrogen-bond donors (Lipinski definition) is 4. The lowest BCUT2D eigenvalue weighted by atomic mass is 9.44. The molecule has 85 heavy (non-hydrogen) atoms. The summed E-state index contributed by atoms with van der Waals surface area (Å²) in [5, 5.41) is 42.2. The molecule has 14 atom stereocenters. The summed E-state index contributed by atoms with van der Waals surface area (Å²) in [4.78, 5) is 72.7. The highest BCUT2D eigenvalue weighted by molar-refractivity contribution is 5.94. The van der Waals surface area contributed by atoms with Gasteiger partial charge >= 0.3 is 24.1 Å². The predicted molar refractivity (Wildman–Crippen MR) is 316 cm³/mol. The highest BCUT2D eigenvalue weighted by atomic mass is 16.8. The van der Waals surface area contributed by atoms with Crippen LogP contribution in [0.4, 0.5) is 4.79 Å². The van der Waals surface area contributed by atoms with Crippen molar-refractivity contribution < 1.29 is 77.2 Å². The lowest BCUT2D eigenvalue weighted by molar-refractivity contribution is -0.346. The second kappa shape index (κ2) is 29.1. The number of benzene rings is 3. The smallest absolute Gasteiger partial charge is 0.455 e. The first kappa shape index (κ1) is 64.9. The van der Waals surface area contributed by atoms with Crippen LogP contribution in [0.5, 0.6) is 0 Å². The quantitative estimate of drug-likeness (QED) is 0.0241. The van der Waals surface area contributed by atoms with E-state index in [1.54, 1.807) is 69.3 Å². The van der Waals surface area contributed by atoms with Crippen molar-refractivity contribution in [2.45, 2.75) is 211 Å². The summed E-state index contributed by atoms with van der Waals surface area (Å²) in [6, 6.07) is 24.7. The second-order valence-corrected chi connectivity index (χ2v) is 24.4. The molecule has 0 radical (unpaired) electrons. The van der Waals surface area contributed by atoms with Gasteiger partial charge in [-0.25, -0.2) is 14.4 Å². The Balaban J connectivity index is 1.03. The van der Waals surface area contributed by atoms with Crippen LogP contribution in [0.1, 0.15) is 172 Å². The molecule has 3 aliphatic carbocycles. The summed E-state index contributed by atoms with van der Waals surface area (Å²) < 4.78 is 49.0. The van der Waals surface area contributed by atoms with Gasteiger partial charge in [0.25, 0.3) is 0 Å². The fourth-order valence-electron chi connectivity index (χ4n) is 13.5. The van der Waals surface area contributed by atoms with Crippen LogP contribution in [-0.4, -0.2) is 125 Å². The Morgan fingerprint density at radius 1 is 0.800 bits per heavy atom. The summed E-state index contributed by atoms with van der Waals surface area (Å²) in [5.74, 6) is -5.23. The molecular weight excluding hydrogens is 1090 g/mol. The molecule has 4 fully saturated rings. The zero-order valence-electron chi connectivity index (χ0n) is 50.5. The van der Waals surface area contributed by atoms with Crippen LogP contribution >= 0.6 is 0 Å². The normalized spacial score (nSPS) is 29.8. The number of rotatable bonds is 27. The Labute approximate surface area is 500 Å². The van der Waals surface area contributed by atoms with Gasteiger partial charge in [-0.1, -0.05) is 162 Å². The first-order valence-corrected chi connectivity index (χ1v) is 30.6. The van der Waals surface area contributed by atoms with Crippen LogP contribution < -0.4 is 5.32 Å². The number of nitrogens with one attached hydrogen (secondary N) is 1. The molecule has 2 unspecified atom stereocenters. The van der Waals surface area contributed by atoms with Crippen molar-refractivity contribution in [2.75, 3.05) is 19.8 Å². The van der Waals surface area contributed by atoms with Crippen molar-refractivity contribution in [3.05, 3.63) is 143 Å². The van der Waals surface area contributed by atoms with E-state index in [4.69, 9.17) is 37.9 Å². The Kier molecular flexibility index (Phi) is 22.2. The van der Waals surface area contributed by atoms with Crippen molar-refractivity contribution in [2.24, 2.45) is 16.7 Å². The summed E-state index contributed by atoms with van der Waals surface area (Å²) in [6.45, 7) is 11.0. The van der Waals surface area contributed by atoms with Gasteiger partial charge in [0.05, 0.1) is 42.3 Å². The van der Waals surface area contributed by atoms with Crippen molar-refractivity contribution in [3.8, 4) is 0 Å². The van der Waals surface area contributed by atoms with Crippen LogP contribution in [0.3, 0.4) is 0 Å². The number of Topliss-reactive ketones (excluding diaryl/α,β-unsaturated/α-hetero) is 1. The molecule has 0 spiro atoms. The number of unbranched alkanes of at least 4 members (excludes halogenated alkanes) is 8. The average molecular weight is 1180 g/mol. The topological polar surface area (TPSA) is 232 Å². The maximum absolute atomic E-state index is 15.5. The van der Waals surface area contributed by atoms with Crippen molar-refractivity contribution in [3.63, 3.8) is 0 Å². The Morgan fingerprint density at radius 3 is 2.06 bits per heavy atom. The largest absolute Gasteiger partial charge is 0.509 e. The van der Waals surface area contributed by atoms with Gasteiger partial charge in [0.15, 0.2) is 17.7 Å². The molecule has 2 bridgehead atoms. The Morgan fingerprint density at radius 2 is 1.42 bits per heavy atom. The number of fused-ring (bicyclic) bond motifs is 5. The second-order valence-electron chi connectivity index (χ2n) is 24.4. The third kappa shape index (κ3) is 14.5. The van der Waals surface area contributed by atoms with E-state index in [-0.39, 0.29) is 43.0 Å². The number of allylic oxidation sites excluding steroid dienone is 4. The average Bonchev–Trinajstić information content (AvgIpc) is 0.828. The minimum absolute atomic E-state index is 0.0506. The molecule has 0 amide bonds.